The van der Waals surface area contributed by atoms with E-state index in [-0.39, 0.29) is 23.6 Å². The number of amides is 1. The van der Waals surface area contributed by atoms with Crippen molar-refractivity contribution in [2.45, 2.75) is 33.1 Å². The number of carbonyl (C=O) groups is 2. The lowest BCUT2D eigenvalue weighted by atomic mass is 9.96. The van der Waals surface area contributed by atoms with E-state index in [0.29, 0.717) is 5.69 Å². The molecule has 0 fully saturated rings. The molecule has 0 bridgehead atoms. The van der Waals surface area contributed by atoms with Gasteiger partial charge in [-0.25, -0.2) is 8.78 Å². The Hall–Kier alpha value is -2.82. The number of benzene rings is 2. The van der Waals surface area contributed by atoms with Gasteiger partial charge in [-0.1, -0.05) is 54.1 Å². The van der Waals surface area contributed by atoms with Crippen LogP contribution in [0.3, 0.4) is 0 Å². The van der Waals surface area contributed by atoms with Crippen molar-refractivity contribution < 1.29 is 18.4 Å². The van der Waals surface area contributed by atoms with Gasteiger partial charge in [0.25, 0.3) is 5.92 Å². The van der Waals surface area contributed by atoms with Gasteiger partial charge in [-0.3, -0.25) is 9.59 Å². The maximum atomic E-state index is 14.2. The van der Waals surface area contributed by atoms with Gasteiger partial charge in [0.05, 0.1) is 5.69 Å². The fourth-order valence-corrected chi connectivity index (χ4v) is 2.89. The fraction of sp³-hybridized carbons (Fsp3) is 0.273. The number of para-hydroxylation sites is 1. The number of hydrogen-bond acceptors (Lipinski definition) is 2. The average Bonchev–Trinajstić information content (AvgIpc) is 2.71. The Balaban J connectivity index is 0.000000313. The van der Waals surface area contributed by atoms with E-state index in [4.69, 9.17) is 0 Å². The highest BCUT2D eigenvalue weighted by Crippen LogP contribution is 2.42. The van der Waals surface area contributed by atoms with E-state index in [1.54, 1.807) is 18.2 Å². The lowest BCUT2D eigenvalue weighted by Crippen LogP contribution is -2.31. The number of hydrogen-bond donors (Lipinski definition) is 0. The lowest BCUT2D eigenvalue weighted by Gasteiger charge is -2.20. The Kier molecular flexibility index (Phi) is 6.61. The van der Waals surface area contributed by atoms with Crippen LogP contribution in [-0.4, -0.2) is 24.2 Å². The van der Waals surface area contributed by atoms with Crippen LogP contribution in [0.15, 0.2) is 60.7 Å². The standard InChI is InChI=1S/C15H15F2NO2.C7H8/c1-10(19)9-13-12-5-3-4-6-14(12)18(11(2)20)8-7-15(13,16)17;1-7-5-3-2-4-6-7/h3-6,9H,7-8H2,1-2H3;2-6H,1H3/b13-9-;. The predicted molar refractivity (Wildman–Crippen MR) is 104 cm³/mol. The molecule has 0 unspecified atom stereocenters. The first-order valence-corrected chi connectivity index (χ1v) is 8.72. The Morgan fingerprint density at radius 1 is 1.00 bits per heavy atom. The molecule has 3 rings (SSSR count). The molecule has 3 nitrogen and oxygen atoms in total. The van der Waals surface area contributed by atoms with Crippen LogP contribution in [0.1, 0.15) is 31.4 Å². The highest BCUT2D eigenvalue weighted by atomic mass is 19.3. The zero-order valence-electron chi connectivity index (χ0n) is 15.7. The second-order valence-corrected chi connectivity index (χ2v) is 6.47. The summed E-state index contributed by atoms with van der Waals surface area (Å²) in [6.45, 7) is 4.59. The first-order chi connectivity index (χ1) is 12.7. The summed E-state index contributed by atoms with van der Waals surface area (Å²) in [6.07, 6.45) is 0.461. The summed E-state index contributed by atoms with van der Waals surface area (Å²) < 4.78 is 28.5. The molecule has 2 aromatic rings. The summed E-state index contributed by atoms with van der Waals surface area (Å²) in [4.78, 5) is 24.2. The second-order valence-electron chi connectivity index (χ2n) is 6.47. The first kappa shape index (κ1) is 20.5. The van der Waals surface area contributed by atoms with Crippen LogP contribution in [0.4, 0.5) is 14.5 Å². The number of rotatable bonds is 1. The number of anilines is 1. The van der Waals surface area contributed by atoms with Crippen LogP contribution in [0.5, 0.6) is 0 Å². The molecule has 0 N–H and O–H groups in total. The lowest BCUT2D eigenvalue weighted by molar-refractivity contribution is -0.116. The summed E-state index contributed by atoms with van der Waals surface area (Å²) in [5, 5.41) is 0. The van der Waals surface area contributed by atoms with E-state index >= 15 is 0 Å². The van der Waals surface area contributed by atoms with Crippen LogP contribution in [0.25, 0.3) is 5.57 Å². The van der Waals surface area contributed by atoms with Crippen LogP contribution in [-0.2, 0) is 9.59 Å². The van der Waals surface area contributed by atoms with Crippen LogP contribution in [0.2, 0.25) is 0 Å². The Bertz CT molecular complexity index is 844. The van der Waals surface area contributed by atoms with Crippen LogP contribution >= 0.6 is 0 Å². The van der Waals surface area contributed by atoms with E-state index in [2.05, 4.69) is 19.1 Å². The topological polar surface area (TPSA) is 37.4 Å². The zero-order chi connectivity index (χ0) is 20.0. The number of carbonyl (C=O) groups excluding carboxylic acids is 2. The van der Waals surface area contributed by atoms with Gasteiger partial charge in [-0.2, -0.15) is 0 Å². The van der Waals surface area contributed by atoms with Gasteiger partial charge in [0.15, 0.2) is 5.78 Å². The highest BCUT2D eigenvalue weighted by Gasteiger charge is 2.40. The molecule has 0 spiro atoms. The van der Waals surface area contributed by atoms with E-state index in [9.17, 15) is 18.4 Å². The fourth-order valence-electron chi connectivity index (χ4n) is 2.89. The largest absolute Gasteiger partial charge is 0.312 e. The Morgan fingerprint density at radius 2 is 1.59 bits per heavy atom. The maximum absolute atomic E-state index is 14.2. The van der Waals surface area contributed by atoms with Crippen molar-refractivity contribution in [3.8, 4) is 0 Å². The molecule has 5 heteroatoms. The van der Waals surface area contributed by atoms with Gasteiger partial charge in [-0.15, -0.1) is 0 Å². The minimum Gasteiger partial charge on any atom is -0.312 e. The zero-order valence-corrected chi connectivity index (χ0v) is 15.7. The molecule has 1 aliphatic heterocycles. The van der Waals surface area contributed by atoms with E-state index in [1.165, 1.54) is 30.4 Å². The summed E-state index contributed by atoms with van der Waals surface area (Å²) in [7, 11) is 0. The van der Waals surface area contributed by atoms with Gasteiger partial charge in [-0.05, 0) is 26.0 Å². The van der Waals surface area contributed by atoms with Crippen molar-refractivity contribution in [3.05, 3.63) is 71.8 Å². The molecular formula is C22H23F2NO2. The SMILES string of the molecule is CC(=O)/C=C1/c2ccccc2N(C(C)=O)CCC1(F)F.Cc1ccccc1. The molecule has 0 aliphatic carbocycles. The maximum Gasteiger partial charge on any atom is 0.275 e. The van der Waals surface area contributed by atoms with Gasteiger partial charge in [0.1, 0.15) is 0 Å². The second kappa shape index (κ2) is 8.71. The predicted octanol–water partition coefficient (Wildman–Crippen LogP) is 5.05. The third kappa shape index (κ3) is 5.33. The smallest absolute Gasteiger partial charge is 0.275 e. The van der Waals surface area contributed by atoms with Crippen LogP contribution in [0, 0.1) is 6.92 Å². The number of ketones is 1. The van der Waals surface area contributed by atoms with E-state index < -0.39 is 18.1 Å². The van der Waals surface area contributed by atoms with Crippen molar-refractivity contribution in [1.29, 1.82) is 0 Å². The Labute approximate surface area is 158 Å². The quantitative estimate of drug-likeness (QED) is 0.658. The number of nitrogens with zero attached hydrogens (tertiary/aromatic N) is 1. The number of aryl methyl sites for hydroxylation is 1. The molecule has 0 atom stereocenters. The number of fused-ring (bicyclic) bond motifs is 1. The van der Waals surface area contributed by atoms with Crippen LogP contribution < -0.4 is 4.90 Å². The van der Waals surface area contributed by atoms with Gasteiger partial charge < -0.3 is 4.90 Å². The van der Waals surface area contributed by atoms with E-state index in [1.807, 2.05) is 18.2 Å². The Morgan fingerprint density at radius 3 is 2.11 bits per heavy atom. The number of halogens is 2. The van der Waals surface area contributed by atoms with Gasteiger partial charge >= 0.3 is 0 Å². The number of alkyl halides is 2. The monoisotopic (exact) mass is 371 g/mol. The summed E-state index contributed by atoms with van der Waals surface area (Å²) >= 11 is 0. The number of allylic oxidation sites excluding steroid dienone is 2. The molecule has 0 saturated heterocycles. The molecule has 0 aromatic heterocycles. The molecule has 27 heavy (non-hydrogen) atoms. The van der Waals surface area contributed by atoms with E-state index in [0.717, 1.165) is 6.08 Å². The summed E-state index contributed by atoms with van der Waals surface area (Å²) in [5.74, 6) is -3.87. The summed E-state index contributed by atoms with van der Waals surface area (Å²) in [6, 6.07) is 16.7. The highest BCUT2D eigenvalue weighted by molar-refractivity contribution is 6.01. The minimum absolute atomic E-state index is 0.0748. The van der Waals surface area contributed by atoms with Crippen molar-refractivity contribution in [2.75, 3.05) is 11.4 Å². The molecular weight excluding hydrogens is 348 g/mol. The van der Waals surface area contributed by atoms with Crippen molar-refractivity contribution >= 4 is 23.0 Å². The molecule has 0 saturated carbocycles. The molecule has 1 amide bonds. The minimum atomic E-state index is -3.13. The molecule has 1 aliphatic rings. The van der Waals surface area contributed by atoms with Crippen molar-refractivity contribution in [2.24, 2.45) is 0 Å². The molecule has 142 valence electrons. The molecule has 2 aromatic carbocycles. The third-order valence-electron chi connectivity index (χ3n) is 4.20. The van der Waals surface area contributed by atoms with Gasteiger partial charge in [0.2, 0.25) is 5.91 Å². The normalized spacial score (nSPS) is 16.6. The van der Waals surface area contributed by atoms with Crippen molar-refractivity contribution in [1.82, 2.24) is 0 Å². The average molecular weight is 371 g/mol. The first-order valence-electron chi connectivity index (χ1n) is 8.72. The molecule has 1 heterocycles. The third-order valence-corrected chi connectivity index (χ3v) is 4.20. The van der Waals surface area contributed by atoms with Gasteiger partial charge in [0, 0.05) is 31.0 Å². The summed E-state index contributed by atoms with van der Waals surface area (Å²) in [5.41, 5.74) is 1.66. The molecule has 0 radical (unpaired) electrons. The van der Waals surface area contributed by atoms with Crippen molar-refractivity contribution in [3.63, 3.8) is 0 Å².